The van der Waals surface area contributed by atoms with E-state index >= 15 is 0 Å². The third kappa shape index (κ3) is 4.52. The van der Waals surface area contributed by atoms with Crippen LogP contribution in [-0.2, 0) is 16.0 Å². The lowest BCUT2D eigenvalue weighted by Crippen LogP contribution is -2.45. The first-order valence-corrected chi connectivity index (χ1v) is 9.03. The second kappa shape index (κ2) is 7.72. The van der Waals surface area contributed by atoms with Gasteiger partial charge in [-0.3, -0.25) is 4.79 Å². The van der Waals surface area contributed by atoms with E-state index in [-0.39, 0.29) is 18.1 Å². The van der Waals surface area contributed by atoms with Gasteiger partial charge in [0, 0.05) is 37.5 Å². The fourth-order valence-corrected chi connectivity index (χ4v) is 3.45. The van der Waals surface area contributed by atoms with Crippen molar-refractivity contribution in [2.75, 3.05) is 23.3 Å². The Kier molecular flexibility index (Phi) is 5.42. The smallest absolute Gasteiger partial charge is 0.224 e. The molecule has 128 valence electrons. The molecule has 3 rings (SSSR count). The van der Waals surface area contributed by atoms with Gasteiger partial charge in [0.1, 0.15) is 5.82 Å². The molecule has 3 heterocycles. The van der Waals surface area contributed by atoms with Crippen LogP contribution in [0.1, 0.15) is 25.3 Å². The number of hydrogen-bond donors (Lipinski definition) is 1. The molecular weight excluding hydrogens is 324 g/mol. The van der Waals surface area contributed by atoms with Gasteiger partial charge in [0.15, 0.2) is 0 Å². The van der Waals surface area contributed by atoms with E-state index in [4.69, 9.17) is 4.74 Å². The van der Waals surface area contributed by atoms with Crippen molar-refractivity contribution in [1.29, 1.82) is 0 Å². The van der Waals surface area contributed by atoms with E-state index in [1.54, 1.807) is 23.7 Å². The molecule has 1 aliphatic heterocycles. The first-order chi connectivity index (χ1) is 11.6. The first-order valence-electron chi connectivity index (χ1n) is 8.15. The zero-order chi connectivity index (χ0) is 16.9. The lowest BCUT2D eigenvalue weighted by atomic mass is 10.2. The molecule has 2 aromatic rings. The summed E-state index contributed by atoms with van der Waals surface area (Å²) in [5.41, 5.74) is 0.720. The Hall–Kier alpha value is -1.99. The van der Waals surface area contributed by atoms with Crippen LogP contribution in [0.4, 0.5) is 11.5 Å². The summed E-state index contributed by atoms with van der Waals surface area (Å²) in [5.74, 6) is 0.895. The van der Waals surface area contributed by atoms with Crippen LogP contribution in [0, 0.1) is 0 Å². The number of carbonyl (C=O) groups excluding carboxylic acids is 1. The molecule has 0 bridgehead atoms. The van der Waals surface area contributed by atoms with E-state index in [0.717, 1.165) is 29.6 Å². The number of morpholine rings is 1. The number of pyridine rings is 1. The summed E-state index contributed by atoms with van der Waals surface area (Å²) in [5, 5.41) is 5.78. The predicted molar refractivity (Wildman–Crippen MR) is 95.5 cm³/mol. The van der Waals surface area contributed by atoms with Gasteiger partial charge >= 0.3 is 0 Å². The molecule has 0 aliphatic carbocycles. The largest absolute Gasteiger partial charge is 0.372 e. The number of rotatable bonds is 5. The highest BCUT2D eigenvalue weighted by Crippen LogP contribution is 2.19. The molecule has 0 aromatic carbocycles. The maximum absolute atomic E-state index is 12.0. The first kappa shape index (κ1) is 16.9. The van der Waals surface area contributed by atoms with E-state index in [1.807, 2.05) is 17.5 Å². The number of nitrogens with one attached hydrogen (secondary N) is 1. The maximum Gasteiger partial charge on any atom is 0.224 e. The molecule has 0 saturated carbocycles. The van der Waals surface area contributed by atoms with E-state index in [1.165, 1.54) is 0 Å². The predicted octanol–water partition coefficient (Wildman–Crippen LogP) is 2.72. The molecule has 24 heavy (non-hydrogen) atoms. The van der Waals surface area contributed by atoms with E-state index in [2.05, 4.69) is 34.0 Å². The molecule has 1 fully saturated rings. The van der Waals surface area contributed by atoms with Crippen molar-refractivity contribution in [2.45, 2.75) is 38.9 Å². The molecule has 1 N–H and O–H groups in total. The number of carbonyl (C=O) groups is 1. The summed E-state index contributed by atoms with van der Waals surface area (Å²) >= 11 is 1.57. The van der Waals surface area contributed by atoms with Crippen LogP contribution in [0.5, 0.6) is 0 Å². The van der Waals surface area contributed by atoms with Gasteiger partial charge in [0.2, 0.25) is 5.91 Å². The number of anilines is 2. The Balaban J connectivity index is 1.53. The molecule has 1 aliphatic rings. The molecule has 1 amide bonds. The van der Waals surface area contributed by atoms with Crippen LogP contribution >= 0.6 is 11.3 Å². The van der Waals surface area contributed by atoms with Crippen molar-refractivity contribution < 1.29 is 9.53 Å². The molecule has 2 aromatic heterocycles. The Morgan fingerprint density at radius 2 is 2.12 bits per heavy atom. The van der Waals surface area contributed by atoms with Gasteiger partial charge in [0.25, 0.3) is 0 Å². The molecule has 0 spiro atoms. The van der Waals surface area contributed by atoms with E-state index in [0.29, 0.717) is 12.8 Å². The van der Waals surface area contributed by atoms with Crippen molar-refractivity contribution in [3.05, 3.63) is 34.9 Å². The van der Waals surface area contributed by atoms with Gasteiger partial charge in [-0.1, -0.05) is 0 Å². The number of aromatic nitrogens is 2. The second-order valence-corrected chi connectivity index (χ2v) is 7.02. The zero-order valence-corrected chi connectivity index (χ0v) is 14.8. The Labute approximate surface area is 145 Å². The van der Waals surface area contributed by atoms with Crippen molar-refractivity contribution in [3.63, 3.8) is 0 Å². The van der Waals surface area contributed by atoms with Crippen LogP contribution < -0.4 is 10.2 Å². The summed E-state index contributed by atoms with van der Waals surface area (Å²) in [6.45, 7) is 5.80. The molecule has 2 unspecified atom stereocenters. The SMILES string of the molecule is CC1CN(c2ccc(NC(=O)CCc3nccs3)cn2)CC(C)O1. The van der Waals surface area contributed by atoms with Crippen LogP contribution in [0.2, 0.25) is 0 Å². The number of hydrogen-bond acceptors (Lipinski definition) is 6. The quantitative estimate of drug-likeness (QED) is 0.902. The Bertz CT molecular complexity index is 650. The van der Waals surface area contributed by atoms with Crippen LogP contribution in [0.3, 0.4) is 0 Å². The summed E-state index contributed by atoms with van der Waals surface area (Å²) in [6.07, 6.45) is 4.95. The Morgan fingerprint density at radius 1 is 1.33 bits per heavy atom. The lowest BCUT2D eigenvalue weighted by molar-refractivity contribution is -0.116. The normalized spacial score (nSPS) is 20.8. The van der Waals surface area contributed by atoms with Crippen molar-refractivity contribution >= 4 is 28.7 Å². The highest BCUT2D eigenvalue weighted by molar-refractivity contribution is 7.09. The fraction of sp³-hybridized carbons (Fsp3) is 0.471. The molecular formula is C17H22N4O2S. The minimum Gasteiger partial charge on any atom is -0.372 e. The average Bonchev–Trinajstić information content (AvgIpc) is 3.06. The van der Waals surface area contributed by atoms with Crippen molar-refractivity contribution in [3.8, 4) is 0 Å². The van der Waals surface area contributed by atoms with Crippen molar-refractivity contribution in [1.82, 2.24) is 9.97 Å². The molecule has 1 saturated heterocycles. The third-order valence-corrected chi connectivity index (χ3v) is 4.66. The summed E-state index contributed by atoms with van der Waals surface area (Å²) in [7, 11) is 0. The van der Waals surface area contributed by atoms with Crippen LogP contribution in [-0.4, -0.2) is 41.2 Å². The molecule has 6 nitrogen and oxygen atoms in total. The number of thiazole rings is 1. The van der Waals surface area contributed by atoms with E-state index in [9.17, 15) is 4.79 Å². The highest BCUT2D eigenvalue weighted by atomic mass is 32.1. The van der Waals surface area contributed by atoms with Gasteiger partial charge in [-0.15, -0.1) is 11.3 Å². The number of nitrogens with zero attached hydrogens (tertiary/aromatic N) is 3. The summed E-state index contributed by atoms with van der Waals surface area (Å²) in [4.78, 5) is 22.9. The van der Waals surface area contributed by atoms with Crippen LogP contribution in [0.25, 0.3) is 0 Å². The maximum atomic E-state index is 12.0. The third-order valence-electron chi connectivity index (χ3n) is 3.82. The fourth-order valence-electron chi connectivity index (χ4n) is 2.83. The Morgan fingerprint density at radius 3 is 2.75 bits per heavy atom. The van der Waals surface area contributed by atoms with Crippen LogP contribution in [0.15, 0.2) is 29.9 Å². The van der Waals surface area contributed by atoms with Gasteiger partial charge < -0.3 is 15.0 Å². The molecule has 2 atom stereocenters. The molecule has 0 radical (unpaired) electrons. The second-order valence-electron chi connectivity index (χ2n) is 6.04. The van der Waals surface area contributed by atoms with Gasteiger partial charge in [0.05, 0.1) is 29.1 Å². The lowest BCUT2D eigenvalue weighted by Gasteiger charge is -2.36. The zero-order valence-electron chi connectivity index (χ0n) is 13.9. The number of amides is 1. The van der Waals surface area contributed by atoms with Gasteiger partial charge in [-0.25, -0.2) is 9.97 Å². The molecule has 7 heteroatoms. The minimum absolute atomic E-state index is 0.0200. The summed E-state index contributed by atoms with van der Waals surface area (Å²) in [6, 6.07) is 3.84. The van der Waals surface area contributed by atoms with Gasteiger partial charge in [-0.05, 0) is 26.0 Å². The highest BCUT2D eigenvalue weighted by Gasteiger charge is 2.23. The average molecular weight is 346 g/mol. The standard InChI is InChI=1S/C17H22N4O2S/c1-12-10-21(11-13(2)23-12)15-4-3-14(9-19-15)20-16(22)5-6-17-18-7-8-24-17/h3-4,7-9,12-13H,5-6,10-11H2,1-2H3,(H,20,22). The minimum atomic E-state index is -0.0200. The summed E-state index contributed by atoms with van der Waals surface area (Å²) < 4.78 is 5.74. The van der Waals surface area contributed by atoms with Crippen molar-refractivity contribution in [2.24, 2.45) is 0 Å². The monoisotopic (exact) mass is 346 g/mol. The van der Waals surface area contributed by atoms with Gasteiger partial charge in [-0.2, -0.15) is 0 Å². The number of aryl methyl sites for hydroxylation is 1. The van der Waals surface area contributed by atoms with E-state index < -0.39 is 0 Å². The topological polar surface area (TPSA) is 67.4 Å². The number of ether oxygens (including phenoxy) is 1.